The number of carbonyl (C=O) groups is 1. The van der Waals surface area contributed by atoms with Gasteiger partial charge in [0.1, 0.15) is 6.04 Å². The predicted molar refractivity (Wildman–Crippen MR) is 40.2 cm³/mol. The number of hydrogen-bond acceptors (Lipinski definition) is 2. The van der Waals surface area contributed by atoms with Crippen LogP contribution in [0.3, 0.4) is 0 Å². The van der Waals surface area contributed by atoms with E-state index in [1.54, 1.807) is 0 Å². The highest BCUT2D eigenvalue weighted by Gasteiger charge is 2.23. The first-order valence-corrected chi connectivity index (χ1v) is 3.42. The summed E-state index contributed by atoms with van der Waals surface area (Å²) in [6.45, 7) is 1.72. The Morgan fingerprint density at radius 1 is 1.82 bits per heavy atom. The second kappa shape index (κ2) is 3.26. The van der Waals surface area contributed by atoms with Crippen LogP contribution >= 0.6 is 0 Å². The zero-order chi connectivity index (χ0) is 8.27. The van der Waals surface area contributed by atoms with E-state index in [2.05, 4.69) is 11.2 Å². The quantitative estimate of drug-likeness (QED) is 0.465. The van der Waals surface area contributed by atoms with Gasteiger partial charge in [0.05, 0.1) is 0 Å². The Labute approximate surface area is 65.2 Å². The Bertz CT molecular complexity index is 197. The summed E-state index contributed by atoms with van der Waals surface area (Å²) in [4.78, 5) is 11.8. The van der Waals surface area contributed by atoms with E-state index in [1.807, 2.05) is 0 Å². The molecule has 1 atom stereocenters. The van der Waals surface area contributed by atoms with Gasteiger partial charge < -0.3 is 10.4 Å². The molecule has 0 radical (unpaired) electrons. The molecular formula is C7H10N2O2. The standard InChI is InChI=1S/C7H10N2O2/c1-2-6-5-8-3-4-9(6)7(10)11/h1,6,8H,3-5H2,(H,10,11). The highest BCUT2D eigenvalue weighted by atomic mass is 16.4. The molecule has 0 spiro atoms. The molecule has 0 aromatic heterocycles. The Morgan fingerprint density at radius 3 is 3.00 bits per heavy atom. The molecule has 0 aromatic rings. The minimum atomic E-state index is -0.936. The second-order valence-electron chi connectivity index (χ2n) is 2.36. The van der Waals surface area contributed by atoms with Gasteiger partial charge in [0.2, 0.25) is 0 Å². The Kier molecular flexibility index (Phi) is 2.34. The van der Waals surface area contributed by atoms with Crippen molar-refractivity contribution < 1.29 is 9.90 Å². The number of hydrogen-bond donors (Lipinski definition) is 2. The maximum absolute atomic E-state index is 10.5. The van der Waals surface area contributed by atoms with Crippen molar-refractivity contribution in [3.05, 3.63) is 0 Å². The molecule has 1 aliphatic heterocycles. The molecule has 1 heterocycles. The van der Waals surface area contributed by atoms with Crippen molar-refractivity contribution in [2.24, 2.45) is 0 Å². The van der Waals surface area contributed by atoms with E-state index in [-0.39, 0.29) is 6.04 Å². The number of nitrogens with one attached hydrogen (secondary N) is 1. The number of amides is 1. The zero-order valence-electron chi connectivity index (χ0n) is 6.08. The van der Waals surface area contributed by atoms with Crippen LogP contribution in [0.5, 0.6) is 0 Å². The van der Waals surface area contributed by atoms with Crippen LogP contribution in [0.1, 0.15) is 0 Å². The van der Waals surface area contributed by atoms with Gasteiger partial charge in [0.25, 0.3) is 0 Å². The van der Waals surface area contributed by atoms with Crippen molar-refractivity contribution in [3.8, 4) is 12.3 Å². The Balaban J connectivity index is 2.60. The van der Waals surface area contributed by atoms with E-state index in [9.17, 15) is 4.79 Å². The summed E-state index contributed by atoms with van der Waals surface area (Å²) in [6, 6.07) is -0.304. The molecule has 0 saturated carbocycles. The molecule has 1 rings (SSSR count). The van der Waals surface area contributed by atoms with Gasteiger partial charge in [0.15, 0.2) is 0 Å². The van der Waals surface area contributed by atoms with Gasteiger partial charge >= 0.3 is 6.09 Å². The largest absolute Gasteiger partial charge is 0.465 e. The van der Waals surface area contributed by atoms with Crippen molar-refractivity contribution in [2.45, 2.75) is 6.04 Å². The summed E-state index contributed by atoms with van der Waals surface area (Å²) in [5.74, 6) is 2.42. The summed E-state index contributed by atoms with van der Waals surface area (Å²) >= 11 is 0. The summed E-state index contributed by atoms with van der Waals surface area (Å²) in [7, 11) is 0. The number of piperazine rings is 1. The van der Waals surface area contributed by atoms with E-state index >= 15 is 0 Å². The average Bonchev–Trinajstić information content (AvgIpc) is 2.04. The van der Waals surface area contributed by atoms with Gasteiger partial charge in [-0.3, -0.25) is 4.90 Å². The molecule has 0 bridgehead atoms. The molecule has 0 aromatic carbocycles. The molecular weight excluding hydrogens is 144 g/mol. The zero-order valence-corrected chi connectivity index (χ0v) is 6.08. The molecule has 1 unspecified atom stereocenters. The summed E-state index contributed by atoms with van der Waals surface area (Å²) in [5.41, 5.74) is 0. The van der Waals surface area contributed by atoms with Crippen LogP contribution in [0.2, 0.25) is 0 Å². The van der Waals surface area contributed by atoms with Gasteiger partial charge in [0, 0.05) is 19.6 Å². The molecule has 60 valence electrons. The molecule has 11 heavy (non-hydrogen) atoms. The molecule has 2 N–H and O–H groups in total. The Hall–Kier alpha value is -1.21. The number of rotatable bonds is 0. The van der Waals surface area contributed by atoms with E-state index in [1.165, 1.54) is 4.90 Å². The van der Waals surface area contributed by atoms with Crippen LogP contribution in [0.15, 0.2) is 0 Å². The first-order chi connectivity index (χ1) is 5.25. The Morgan fingerprint density at radius 2 is 2.55 bits per heavy atom. The first kappa shape index (κ1) is 7.89. The molecule has 1 saturated heterocycles. The third-order valence-electron chi connectivity index (χ3n) is 1.68. The highest BCUT2D eigenvalue weighted by molar-refractivity contribution is 5.66. The van der Waals surface area contributed by atoms with Crippen molar-refractivity contribution in [3.63, 3.8) is 0 Å². The third kappa shape index (κ3) is 1.63. The van der Waals surface area contributed by atoms with E-state index in [0.717, 1.165) is 0 Å². The van der Waals surface area contributed by atoms with Gasteiger partial charge in [-0.2, -0.15) is 0 Å². The normalized spacial score (nSPS) is 24.3. The van der Waals surface area contributed by atoms with Crippen LogP contribution in [-0.4, -0.2) is 41.8 Å². The van der Waals surface area contributed by atoms with Crippen molar-refractivity contribution >= 4 is 6.09 Å². The lowest BCUT2D eigenvalue weighted by molar-refractivity contribution is 0.126. The van der Waals surface area contributed by atoms with Crippen LogP contribution in [-0.2, 0) is 0 Å². The van der Waals surface area contributed by atoms with Crippen LogP contribution in [0.25, 0.3) is 0 Å². The van der Waals surface area contributed by atoms with Crippen molar-refractivity contribution in [1.82, 2.24) is 10.2 Å². The van der Waals surface area contributed by atoms with E-state index < -0.39 is 6.09 Å². The van der Waals surface area contributed by atoms with E-state index in [4.69, 9.17) is 11.5 Å². The fraction of sp³-hybridized carbons (Fsp3) is 0.571. The van der Waals surface area contributed by atoms with Gasteiger partial charge in [-0.1, -0.05) is 5.92 Å². The van der Waals surface area contributed by atoms with Gasteiger partial charge in [-0.15, -0.1) is 6.42 Å². The van der Waals surface area contributed by atoms with Gasteiger partial charge in [-0.05, 0) is 0 Å². The number of nitrogens with zero attached hydrogens (tertiary/aromatic N) is 1. The maximum Gasteiger partial charge on any atom is 0.408 e. The first-order valence-electron chi connectivity index (χ1n) is 3.42. The summed E-state index contributed by atoms with van der Waals surface area (Å²) < 4.78 is 0. The maximum atomic E-state index is 10.5. The smallest absolute Gasteiger partial charge is 0.408 e. The predicted octanol–water partition coefficient (Wildman–Crippen LogP) is -0.429. The number of terminal acetylenes is 1. The molecule has 1 fully saturated rings. The van der Waals surface area contributed by atoms with E-state index in [0.29, 0.717) is 19.6 Å². The number of carboxylic acid groups (broad SMARTS) is 1. The molecule has 1 aliphatic rings. The molecule has 0 aliphatic carbocycles. The van der Waals surface area contributed by atoms with Crippen LogP contribution < -0.4 is 5.32 Å². The summed E-state index contributed by atoms with van der Waals surface area (Å²) in [5, 5.41) is 11.7. The monoisotopic (exact) mass is 154 g/mol. The summed E-state index contributed by atoms with van der Waals surface area (Å²) in [6.07, 6.45) is 4.20. The minimum absolute atomic E-state index is 0.304. The third-order valence-corrected chi connectivity index (χ3v) is 1.68. The van der Waals surface area contributed by atoms with Crippen LogP contribution in [0.4, 0.5) is 4.79 Å². The minimum Gasteiger partial charge on any atom is -0.465 e. The average molecular weight is 154 g/mol. The SMILES string of the molecule is C#CC1CNCCN1C(=O)O. The van der Waals surface area contributed by atoms with Gasteiger partial charge in [-0.25, -0.2) is 4.79 Å². The van der Waals surface area contributed by atoms with Crippen molar-refractivity contribution in [2.75, 3.05) is 19.6 Å². The lowest BCUT2D eigenvalue weighted by atomic mass is 10.2. The molecule has 4 heteroatoms. The molecule has 4 nitrogen and oxygen atoms in total. The van der Waals surface area contributed by atoms with Crippen LogP contribution in [0, 0.1) is 12.3 Å². The highest BCUT2D eigenvalue weighted by Crippen LogP contribution is 2.01. The topological polar surface area (TPSA) is 52.6 Å². The fourth-order valence-electron chi connectivity index (χ4n) is 1.08. The lowest BCUT2D eigenvalue weighted by Crippen LogP contribution is -2.52. The lowest BCUT2D eigenvalue weighted by Gasteiger charge is -2.30. The van der Waals surface area contributed by atoms with Crippen molar-refractivity contribution in [1.29, 1.82) is 0 Å². The fourth-order valence-corrected chi connectivity index (χ4v) is 1.08. The second-order valence-corrected chi connectivity index (χ2v) is 2.36. The molecule has 1 amide bonds.